The van der Waals surface area contributed by atoms with Gasteiger partial charge in [0.2, 0.25) is 0 Å². The molecule has 1 aromatic heterocycles. The van der Waals surface area contributed by atoms with Gasteiger partial charge in [0.1, 0.15) is 5.78 Å². The molecule has 0 saturated heterocycles. The van der Waals surface area contributed by atoms with E-state index in [1.807, 2.05) is 6.07 Å². The Hall–Kier alpha value is -1.12. The summed E-state index contributed by atoms with van der Waals surface area (Å²) >= 11 is 0. The van der Waals surface area contributed by atoms with Crippen molar-refractivity contribution in [1.82, 2.24) is 9.78 Å². The normalized spacial score (nSPS) is 21.1. The molecule has 0 spiro atoms. The maximum absolute atomic E-state index is 11.9. The minimum Gasteiger partial charge on any atom is -0.299 e. The number of nitrogens with zero attached hydrogens (tertiary/aromatic N) is 2. The summed E-state index contributed by atoms with van der Waals surface area (Å²) in [6, 6.07) is 2.61. The van der Waals surface area contributed by atoms with E-state index < -0.39 is 0 Å². The molecule has 98 valence electrons. The van der Waals surface area contributed by atoms with Crippen molar-refractivity contribution < 1.29 is 4.79 Å². The van der Waals surface area contributed by atoms with Crippen LogP contribution >= 0.6 is 0 Å². The SMILES string of the molecule is O=C(Cc1ccn(C2CCCC2)n1)CC1CCC1. The third kappa shape index (κ3) is 2.65. The summed E-state index contributed by atoms with van der Waals surface area (Å²) in [5.74, 6) is 1.05. The van der Waals surface area contributed by atoms with Gasteiger partial charge in [-0.25, -0.2) is 0 Å². The zero-order valence-corrected chi connectivity index (χ0v) is 11.0. The van der Waals surface area contributed by atoms with Crippen molar-refractivity contribution in [2.75, 3.05) is 0 Å². The molecule has 2 aliphatic carbocycles. The minimum absolute atomic E-state index is 0.372. The molecule has 2 aliphatic rings. The second kappa shape index (κ2) is 5.25. The molecule has 0 amide bonds. The number of hydrogen-bond donors (Lipinski definition) is 0. The predicted molar refractivity (Wildman–Crippen MR) is 70.4 cm³/mol. The van der Waals surface area contributed by atoms with Gasteiger partial charge in [-0.05, 0) is 24.8 Å². The van der Waals surface area contributed by atoms with E-state index in [4.69, 9.17) is 0 Å². The molecule has 0 unspecified atom stereocenters. The van der Waals surface area contributed by atoms with Crippen LogP contribution in [0.4, 0.5) is 0 Å². The van der Waals surface area contributed by atoms with Crippen molar-refractivity contribution in [3.63, 3.8) is 0 Å². The number of hydrogen-bond acceptors (Lipinski definition) is 2. The second-order valence-electron chi connectivity index (χ2n) is 5.94. The summed E-state index contributed by atoms with van der Waals surface area (Å²) in [5.41, 5.74) is 0.964. The Balaban J connectivity index is 1.53. The Bertz CT molecular complexity index is 414. The van der Waals surface area contributed by atoms with Gasteiger partial charge in [-0.3, -0.25) is 9.48 Å². The van der Waals surface area contributed by atoms with Gasteiger partial charge in [-0.15, -0.1) is 0 Å². The standard InChI is InChI=1S/C15H22N2O/c18-15(10-12-4-3-5-12)11-13-8-9-17(16-13)14-6-1-2-7-14/h8-9,12,14H,1-7,10-11H2. The van der Waals surface area contributed by atoms with Gasteiger partial charge in [0.05, 0.1) is 18.2 Å². The van der Waals surface area contributed by atoms with E-state index in [0.717, 1.165) is 12.1 Å². The smallest absolute Gasteiger partial charge is 0.139 e. The van der Waals surface area contributed by atoms with Crippen LogP contribution in [-0.2, 0) is 11.2 Å². The number of carbonyl (C=O) groups excluding carboxylic acids is 1. The van der Waals surface area contributed by atoms with Crippen LogP contribution in [0.3, 0.4) is 0 Å². The molecular weight excluding hydrogens is 224 g/mol. The summed E-state index contributed by atoms with van der Waals surface area (Å²) in [5, 5.41) is 4.58. The van der Waals surface area contributed by atoms with Crippen LogP contribution in [0.5, 0.6) is 0 Å². The Kier molecular flexibility index (Phi) is 3.48. The lowest BCUT2D eigenvalue weighted by atomic mass is 9.81. The molecule has 0 N–H and O–H groups in total. The first-order valence-corrected chi connectivity index (χ1v) is 7.37. The molecule has 1 heterocycles. The number of ketones is 1. The second-order valence-corrected chi connectivity index (χ2v) is 5.94. The highest BCUT2D eigenvalue weighted by Gasteiger charge is 2.22. The maximum atomic E-state index is 11.9. The number of aromatic nitrogens is 2. The molecule has 0 radical (unpaired) electrons. The van der Waals surface area contributed by atoms with Gasteiger partial charge in [-0.1, -0.05) is 32.1 Å². The lowest BCUT2D eigenvalue weighted by Gasteiger charge is -2.24. The fourth-order valence-corrected chi connectivity index (χ4v) is 3.14. The molecule has 3 rings (SSSR count). The van der Waals surface area contributed by atoms with Crippen molar-refractivity contribution in [3.05, 3.63) is 18.0 Å². The largest absolute Gasteiger partial charge is 0.299 e. The van der Waals surface area contributed by atoms with Gasteiger partial charge < -0.3 is 0 Å². The Morgan fingerprint density at radius 3 is 2.67 bits per heavy atom. The highest BCUT2D eigenvalue weighted by atomic mass is 16.1. The van der Waals surface area contributed by atoms with Gasteiger partial charge >= 0.3 is 0 Å². The first-order valence-electron chi connectivity index (χ1n) is 7.37. The van der Waals surface area contributed by atoms with Gasteiger partial charge in [0.15, 0.2) is 0 Å². The Morgan fingerprint density at radius 2 is 2.00 bits per heavy atom. The van der Waals surface area contributed by atoms with Crippen molar-refractivity contribution in [1.29, 1.82) is 0 Å². The van der Waals surface area contributed by atoms with Crippen LogP contribution in [0.2, 0.25) is 0 Å². The highest BCUT2D eigenvalue weighted by Crippen LogP contribution is 2.30. The van der Waals surface area contributed by atoms with Crippen LogP contribution in [0.1, 0.15) is 63.1 Å². The average Bonchev–Trinajstić information content (AvgIpc) is 2.92. The third-order valence-electron chi connectivity index (χ3n) is 4.48. The van der Waals surface area contributed by atoms with Gasteiger partial charge in [0.25, 0.3) is 0 Å². The average molecular weight is 246 g/mol. The molecule has 0 atom stereocenters. The Labute approximate surface area is 109 Å². The summed E-state index contributed by atoms with van der Waals surface area (Å²) < 4.78 is 2.08. The molecule has 0 aliphatic heterocycles. The molecule has 0 bridgehead atoms. The van der Waals surface area contributed by atoms with Crippen LogP contribution in [0, 0.1) is 5.92 Å². The van der Waals surface area contributed by atoms with Crippen LogP contribution in [0.15, 0.2) is 12.3 Å². The number of rotatable bonds is 5. The van der Waals surface area contributed by atoms with Crippen LogP contribution in [0.25, 0.3) is 0 Å². The Morgan fingerprint density at radius 1 is 1.22 bits per heavy atom. The number of carbonyl (C=O) groups is 1. The van der Waals surface area contributed by atoms with E-state index in [9.17, 15) is 4.79 Å². The summed E-state index contributed by atoms with van der Waals surface area (Å²) in [6.45, 7) is 0. The van der Waals surface area contributed by atoms with E-state index in [0.29, 0.717) is 24.2 Å². The van der Waals surface area contributed by atoms with E-state index in [1.54, 1.807) is 0 Å². The molecule has 3 nitrogen and oxygen atoms in total. The first kappa shape index (κ1) is 11.9. The quantitative estimate of drug-likeness (QED) is 0.799. The van der Waals surface area contributed by atoms with Crippen LogP contribution in [-0.4, -0.2) is 15.6 Å². The van der Waals surface area contributed by atoms with Crippen molar-refractivity contribution in [2.24, 2.45) is 5.92 Å². The zero-order chi connectivity index (χ0) is 12.4. The topological polar surface area (TPSA) is 34.9 Å². The molecule has 2 fully saturated rings. The van der Waals surface area contributed by atoms with E-state index in [1.165, 1.54) is 44.9 Å². The molecule has 3 heteroatoms. The molecule has 2 saturated carbocycles. The zero-order valence-electron chi connectivity index (χ0n) is 11.0. The highest BCUT2D eigenvalue weighted by molar-refractivity contribution is 5.80. The molecule has 0 aromatic carbocycles. The first-order chi connectivity index (χ1) is 8.81. The van der Waals surface area contributed by atoms with E-state index in [2.05, 4.69) is 16.0 Å². The molecular formula is C15H22N2O. The fraction of sp³-hybridized carbons (Fsp3) is 0.733. The van der Waals surface area contributed by atoms with Crippen molar-refractivity contribution >= 4 is 5.78 Å². The summed E-state index contributed by atoms with van der Waals surface area (Å²) in [4.78, 5) is 11.9. The fourth-order valence-electron chi connectivity index (χ4n) is 3.14. The van der Waals surface area contributed by atoms with Crippen LogP contribution < -0.4 is 0 Å². The third-order valence-corrected chi connectivity index (χ3v) is 4.48. The van der Waals surface area contributed by atoms with Crippen molar-refractivity contribution in [2.45, 2.75) is 63.8 Å². The number of Topliss-reactive ketones (excluding diaryl/α,β-unsaturated/α-hetero) is 1. The summed E-state index contributed by atoms with van der Waals surface area (Å²) in [7, 11) is 0. The van der Waals surface area contributed by atoms with Gasteiger partial charge in [0, 0.05) is 12.6 Å². The lowest BCUT2D eigenvalue weighted by Crippen LogP contribution is -2.17. The summed E-state index contributed by atoms with van der Waals surface area (Å²) in [6.07, 6.45) is 12.3. The maximum Gasteiger partial charge on any atom is 0.139 e. The van der Waals surface area contributed by atoms with E-state index in [-0.39, 0.29) is 0 Å². The molecule has 18 heavy (non-hydrogen) atoms. The monoisotopic (exact) mass is 246 g/mol. The lowest BCUT2D eigenvalue weighted by molar-refractivity contribution is -0.119. The minimum atomic E-state index is 0.372. The molecule has 1 aromatic rings. The van der Waals surface area contributed by atoms with E-state index >= 15 is 0 Å². The predicted octanol–water partition coefficient (Wildman–Crippen LogP) is 3.30. The van der Waals surface area contributed by atoms with Crippen molar-refractivity contribution in [3.8, 4) is 0 Å². The van der Waals surface area contributed by atoms with Gasteiger partial charge in [-0.2, -0.15) is 5.10 Å².